The van der Waals surface area contributed by atoms with Gasteiger partial charge in [-0.2, -0.15) is 0 Å². The summed E-state index contributed by atoms with van der Waals surface area (Å²) in [5.41, 5.74) is 0.504. The van der Waals surface area contributed by atoms with Crippen molar-refractivity contribution in [1.82, 2.24) is 0 Å². The summed E-state index contributed by atoms with van der Waals surface area (Å²) in [5, 5.41) is 10.8. The molecule has 0 aromatic carbocycles. The first-order valence-corrected chi connectivity index (χ1v) is 11.2. The van der Waals surface area contributed by atoms with Crippen molar-refractivity contribution in [1.29, 1.82) is 0 Å². The number of carbonyl (C=O) groups is 1. The number of esters is 1. The molecule has 1 N–H and O–H groups in total. The van der Waals surface area contributed by atoms with Gasteiger partial charge in [0.2, 0.25) is 0 Å². The van der Waals surface area contributed by atoms with Crippen LogP contribution in [0.3, 0.4) is 0 Å². The number of rotatable bonds is 1. The third kappa shape index (κ3) is 2.72. The molecule has 4 aliphatic carbocycles. The molecule has 0 amide bonds. The summed E-state index contributed by atoms with van der Waals surface area (Å²) < 4.78 is 5.56. The second-order valence-corrected chi connectivity index (χ2v) is 11.1. The maximum absolute atomic E-state index is 11.4. The molecule has 0 radical (unpaired) electrons. The highest BCUT2D eigenvalue weighted by Gasteiger charge is 2.61. The molecule has 25 heavy (non-hydrogen) atoms. The van der Waals surface area contributed by atoms with E-state index in [2.05, 4.69) is 29.8 Å². The molecule has 0 spiro atoms. The fourth-order valence-corrected chi connectivity index (χ4v) is 8.51. The van der Waals surface area contributed by atoms with Crippen LogP contribution in [-0.4, -0.2) is 28.1 Å². The molecule has 0 aliphatic heterocycles. The molecule has 0 unspecified atom stereocenters. The molecule has 0 saturated heterocycles. The van der Waals surface area contributed by atoms with Crippen LogP contribution in [0.15, 0.2) is 0 Å². The van der Waals surface area contributed by atoms with E-state index in [0.29, 0.717) is 17.3 Å². The summed E-state index contributed by atoms with van der Waals surface area (Å²) in [6, 6.07) is 0. The topological polar surface area (TPSA) is 46.5 Å². The van der Waals surface area contributed by atoms with Gasteiger partial charge in [-0.25, -0.2) is 0 Å². The average Bonchev–Trinajstić information content (AvgIpc) is 2.78. The highest BCUT2D eigenvalue weighted by atomic mass is 79.9. The zero-order valence-electron chi connectivity index (χ0n) is 15.8. The lowest BCUT2D eigenvalue weighted by molar-refractivity contribution is -0.161. The minimum Gasteiger partial charge on any atom is -0.463 e. The van der Waals surface area contributed by atoms with Crippen molar-refractivity contribution in [3.05, 3.63) is 0 Å². The second-order valence-electron chi connectivity index (χ2n) is 9.90. The summed E-state index contributed by atoms with van der Waals surface area (Å²) in [5.74, 6) is 2.78. The van der Waals surface area contributed by atoms with Crippen molar-refractivity contribution in [2.45, 2.75) is 89.2 Å². The Bertz CT molecular complexity index is 551. The van der Waals surface area contributed by atoms with Gasteiger partial charge in [-0.1, -0.05) is 29.8 Å². The van der Waals surface area contributed by atoms with Gasteiger partial charge in [-0.3, -0.25) is 4.79 Å². The van der Waals surface area contributed by atoms with E-state index >= 15 is 0 Å². The van der Waals surface area contributed by atoms with Gasteiger partial charge in [0.15, 0.2) is 0 Å². The zero-order chi connectivity index (χ0) is 18.0. The third-order valence-electron chi connectivity index (χ3n) is 8.89. The van der Waals surface area contributed by atoms with Crippen LogP contribution in [0.2, 0.25) is 0 Å². The Morgan fingerprint density at radius 2 is 1.76 bits per heavy atom. The summed E-state index contributed by atoms with van der Waals surface area (Å²) in [6.45, 7) is 6.40. The van der Waals surface area contributed by atoms with Gasteiger partial charge in [0.05, 0.1) is 6.10 Å². The highest BCUT2D eigenvalue weighted by Crippen LogP contribution is 2.66. The number of aliphatic hydroxyl groups excluding tert-OH is 1. The summed E-state index contributed by atoms with van der Waals surface area (Å²) in [6.07, 6.45) is 9.36. The number of fused-ring (bicyclic) bond motifs is 5. The Morgan fingerprint density at radius 3 is 2.48 bits per heavy atom. The minimum atomic E-state index is -0.191. The molecular formula is C21H33BrO3. The lowest BCUT2D eigenvalue weighted by Crippen LogP contribution is -2.54. The molecule has 4 aliphatic rings. The van der Waals surface area contributed by atoms with Crippen molar-refractivity contribution in [2.75, 3.05) is 0 Å². The summed E-state index contributed by atoms with van der Waals surface area (Å²) in [4.78, 5) is 11.6. The molecule has 4 saturated carbocycles. The van der Waals surface area contributed by atoms with E-state index in [1.165, 1.54) is 32.6 Å². The van der Waals surface area contributed by atoms with E-state index in [9.17, 15) is 9.90 Å². The Labute approximate surface area is 160 Å². The highest BCUT2D eigenvalue weighted by molar-refractivity contribution is 9.09. The molecule has 0 aromatic heterocycles. The van der Waals surface area contributed by atoms with Crippen LogP contribution in [0.5, 0.6) is 0 Å². The number of halogens is 1. The monoisotopic (exact) mass is 412 g/mol. The standard InChI is InChI=1S/C21H33BrO3/c1-12(23)25-14-6-8-20(2)13(10-14)4-5-15-16(20)7-9-21(3)17(15)11-18(22)19(21)24/h13-19,24H,4-11H2,1-3H3/t13-,14-,15+,16-,17-,18+,19-,20-,21-/m0/s1. The Balaban J connectivity index is 1.54. The van der Waals surface area contributed by atoms with Crippen LogP contribution in [0.4, 0.5) is 0 Å². The predicted molar refractivity (Wildman–Crippen MR) is 101 cm³/mol. The molecule has 3 nitrogen and oxygen atoms in total. The second kappa shape index (κ2) is 6.22. The molecule has 0 heterocycles. The maximum atomic E-state index is 11.4. The smallest absolute Gasteiger partial charge is 0.302 e. The van der Waals surface area contributed by atoms with Gasteiger partial charge in [0, 0.05) is 11.8 Å². The largest absolute Gasteiger partial charge is 0.463 e. The van der Waals surface area contributed by atoms with Crippen molar-refractivity contribution in [3.63, 3.8) is 0 Å². The first-order chi connectivity index (χ1) is 11.8. The third-order valence-corrected chi connectivity index (χ3v) is 9.76. The molecule has 4 rings (SSSR count). The van der Waals surface area contributed by atoms with Crippen molar-refractivity contribution < 1.29 is 14.6 Å². The van der Waals surface area contributed by atoms with E-state index < -0.39 is 0 Å². The Hall–Kier alpha value is -0.0900. The normalized spacial score (nSPS) is 55.0. The average molecular weight is 413 g/mol. The molecule has 142 valence electrons. The number of hydrogen-bond donors (Lipinski definition) is 1. The Kier molecular flexibility index (Phi) is 4.55. The van der Waals surface area contributed by atoms with E-state index in [0.717, 1.165) is 37.5 Å². The SMILES string of the molecule is CC(=O)O[C@H]1CC[C@@]2(C)[C@@H](CC[C@@H]3[C@@H]2CC[C@]2(C)[C@@H](O)[C@H](Br)C[C@@H]32)C1. The fraction of sp³-hybridized carbons (Fsp3) is 0.952. The van der Waals surface area contributed by atoms with Gasteiger partial charge < -0.3 is 9.84 Å². The first-order valence-electron chi connectivity index (χ1n) is 10.2. The van der Waals surface area contributed by atoms with Gasteiger partial charge in [-0.15, -0.1) is 0 Å². The fourth-order valence-electron chi connectivity index (χ4n) is 7.50. The van der Waals surface area contributed by atoms with Gasteiger partial charge in [-0.05, 0) is 85.9 Å². The van der Waals surface area contributed by atoms with Crippen LogP contribution < -0.4 is 0 Å². The number of carbonyl (C=O) groups excluding carboxylic acids is 1. The first kappa shape index (κ1) is 18.3. The van der Waals surface area contributed by atoms with Crippen molar-refractivity contribution >= 4 is 21.9 Å². The quantitative estimate of drug-likeness (QED) is 0.501. The van der Waals surface area contributed by atoms with Crippen LogP contribution in [-0.2, 0) is 9.53 Å². The van der Waals surface area contributed by atoms with E-state index in [4.69, 9.17) is 4.74 Å². The van der Waals surface area contributed by atoms with E-state index in [1.54, 1.807) is 0 Å². The van der Waals surface area contributed by atoms with Crippen LogP contribution in [0.25, 0.3) is 0 Å². The summed E-state index contributed by atoms with van der Waals surface area (Å²) >= 11 is 3.76. The van der Waals surface area contributed by atoms with Crippen molar-refractivity contribution in [3.8, 4) is 0 Å². The van der Waals surface area contributed by atoms with Gasteiger partial charge in [0.25, 0.3) is 0 Å². The zero-order valence-corrected chi connectivity index (χ0v) is 17.4. The lowest BCUT2D eigenvalue weighted by atomic mass is 9.45. The number of hydrogen-bond acceptors (Lipinski definition) is 3. The lowest BCUT2D eigenvalue weighted by Gasteiger charge is -2.60. The van der Waals surface area contributed by atoms with Gasteiger partial charge >= 0.3 is 5.97 Å². The van der Waals surface area contributed by atoms with Crippen LogP contribution in [0.1, 0.15) is 72.1 Å². The molecular weight excluding hydrogens is 380 g/mol. The number of aliphatic hydroxyl groups is 1. The molecule has 0 bridgehead atoms. The van der Waals surface area contributed by atoms with Crippen molar-refractivity contribution in [2.24, 2.45) is 34.5 Å². The van der Waals surface area contributed by atoms with E-state index in [1.807, 2.05) is 0 Å². The molecule has 4 heteroatoms. The molecule has 4 fully saturated rings. The van der Waals surface area contributed by atoms with Crippen LogP contribution in [0, 0.1) is 34.5 Å². The predicted octanol–water partition coefficient (Wildman–Crippen LogP) is 4.70. The minimum absolute atomic E-state index is 0.105. The van der Waals surface area contributed by atoms with Gasteiger partial charge in [0.1, 0.15) is 6.10 Å². The van der Waals surface area contributed by atoms with E-state index in [-0.39, 0.29) is 28.4 Å². The molecule has 9 atom stereocenters. The maximum Gasteiger partial charge on any atom is 0.302 e. The summed E-state index contributed by atoms with van der Waals surface area (Å²) in [7, 11) is 0. The number of ether oxygens (including phenoxy) is 1. The Morgan fingerprint density at radius 1 is 1.04 bits per heavy atom. The van der Waals surface area contributed by atoms with Crippen LogP contribution >= 0.6 is 15.9 Å². The number of alkyl halides is 1. The molecule has 0 aromatic rings.